The van der Waals surface area contributed by atoms with Crippen LogP contribution in [0.15, 0.2) is 131 Å². The number of benzene rings is 4. The van der Waals surface area contributed by atoms with Crippen molar-refractivity contribution < 1.29 is 27.1 Å². The Labute approximate surface area is 454 Å². The first-order valence-corrected chi connectivity index (χ1v) is 27.7. The number of piperidine rings is 1. The monoisotopic (exact) mass is 1130 g/mol. The predicted molar refractivity (Wildman–Crippen MR) is 298 cm³/mol. The fraction of sp³-hybridized carbons (Fsp3) is 0.315. The fourth-order valence-corrected chi connectivity index (χ4v) is 10.8. The lowest BCUT2D eigenvalue weighted by atomic mass is 10.1. The van der Waals surface area contributed by atoms with Gasteiger partial charge in [0.15, 0.2) is 5.65 Å². The summed E-state index contributed by atoms with van der Waals surface area (Å²) in [7, 11) is -1.68. The first-order valence-electron chi connectivity index (χ1n) is 25.4. The lowest BCUT2D eigenvalue weighted by molar-refractivity contribution is -0.127. The molecule has 4 aromatic carbocycles. The molecule has 0 spiro atoms. The predicted octanol–water partition coefficient (Wildman–Crippen LogP) is 7.17. The first-order chi connectivity index (χ1) is 37.3. The van der Waals surface area contributed by atoms with Gasteiger partial charge in [0.25, 0.3) is 5.91 Å². The van der Waals surface area contributed by atoms with E-state index in [4.69, 9.17) is 21.3 Å². The average Bonchev–Trinajstić information content (AvgIpc) is 3.86. The van der Waals surface area contributed by atoms with Gasteiger partial charge in [-0.05, 0) is 141 Å². The van der Waals surface area contributed by atoms with Gasteiger partial charge in [-0.25, -0.2) is 37.2 Å². The minimum Gasteiger partial charge on any atom is -0.457 e. The molecule has 0 unspecified atom stereocenters. The molecule has 2 amide bonds. The number of hydrogen-bond acceptors (Lipinski definition) is 16. The van der Waals surface area contributed by atoms with E-state index in [1.54, 1.807) is 18.2 Å². The van der Waals surface area contributed by atoms with Crippen molar-refractivity contribution in [2.75, 3.05) is 95.4 Å². The number of likely N-dealkylation sites (N-methyl/N-ethyl adjacent to an activating group) is 1. The molecule has 9 rings (SSSR count). The molecular formula is C54H61BrFN15O5S. The van der Waals surface area contributed by atoms with Crippen LogP contribution in [0, 0.1) is 5.82 Å². The number of nitrogens with zero attached hydrogens (tertiary/aromatic N) is 10. The van der Waals surface area contributed by atoms with Gasteiger partial charge < -0.3 is 46.4 Å². The molecule has 0 saturated carbocycles. The van der Waals surface area contributed by atoms with E-state index < -0.39 is 21.7 Å². The van der Waals surface area contributed by atoms with Crippen LogP contribution in [0.4, 0.5) is 33.3 Å². The Morgan fingerprint density at radius 1 is 0.883 bits per heavy atom. The second kappa shape index (κ2) is 25.2. The van der Waals surface area contributed by atoms with E-state index in [1.165, 1.54) is 36.8 Å². The van der Waals surface area contributed by atoms with Crippen LogP contribution in [0.2, 0.25) is 0 Å². The number of anilines is 5. The van der Waals surface area contributed by atoms with Crippen LogP contribution in [0.5, 0.6) is 11.5 Å². The molecular weight excluding hydrogens is 1070 g/mol. The van der Waals surface area contributed by atoms with E-state index in [9.17, 15) is 22.4 Å². The molecule has 7 aromatic rings. The number of sulfonamides is 1. The van der Waals surface area contributed by atoms with E-state index in [0.717, 1.165) is 82.5 Å². The van der Waals surface area contributed by atoms with Crippen molar-refractivity contribution in [1.29, 1.82) is 0 Å². The molecule has 0 aliphatic carbocycles. The number of halogens is 2. The van der Waals surface area contributed by atoms with Gasteiger partial charge in [0.05, 0.1) is 32.0 Å². The largest absolute Gasteiger partial charge is 0.457 e. The van der Waals surface area contributed by atoms with E-state index in [2.05, 4.69) is 73.0 Å². The number of nitrogens with one attached hydrogen (secondary N) is 3. The maximum atomic E-state index is 14.3. The molecule has 2 aliphatic heterocycles. The van der Waals surface area contributed by atoms with Crippen LogP contribution >= 0.6 is 15.9 Å². The lowest BCUT2D eigenvalue weighted by Gasteiger charge is -2.35. The van der Waals surface area contributed by atoms with E-state index in [0.29, 0.717) is 71.1 Å². The van der Waals surface area contributed by atoms with E-state index in [1.807, 2.05) is 70.3 Å². The molecule has 1 atom stereocenters. The zero-order valence-corrected chi connectivity index (χ0v) is 45.0. The van der Waals surface area contributed by atoms with Crippen molar-refractivity contribution >= 4 is 77.8 Å². The number of aromatic nitrogens is 6. The normalized spacial score (nSPS) is 15.6. The third-order valence-electron chi connectivity index (χ3n) is 13.5. The van der Waals surface area contributed by atoms with Gasteiger partial charge in [-0.3, -0.25) is 9.59 Å². The van der Waals surface area contributed by atoms with Crippen molar-refractivity contribution in [3.05, 3.63) is 138 Å². The molecule has 5 heterocycles. The highest BCUT2D eigenvalue weighted by atomic mass is 79.9. The number of hydrogen-bond donors (Lipinski definition) is 5. The van der Waals surface area contributed by atoms with Crippen molar-refractivity contribution in [1.82, 2.24) is 54.0 Å². The fourth-order valence-electron chi connectivity index (χ4n) is 9.40. The highest BCUT2D eigenvalue weighted by Gasteiger charge is 2.29. The van der Waals surface area contributed by atoms with Gasteiger partial charge >= 0.3 is 0 Å². The molecule has 77 heavy (non-hydrogen) atoms. The van der Waals surface area contributed by atoms with Gasteiger partial charge in [-0.1, -0.05) is 30.3 Å². The minimum absolute atomic E-state index is 0.0215. The van der Waals surface area contributed by atoms with Gasteiger partial charge in [-0.2, -0.15) is 10.1 Å². The molecule has 2 saturated heterocycles. The zero-order chi connectivity index (χ0) is 53.9. The number of amides is 2. The summed E-state index contributed by atoms with van der Waals surface area (Å²) in [6, 6.07) is 27.5. The van der Waals surface area contributed by atoms with Gasteiger partial charge in [-0.15, -0.1) is 0 Å². The third kappa shape index (κ3) is 14.0. The van der Waals surface area contributed by atoms with Crippen LogP contribution < -0.4 is 31.6 Å². The Morgan fingerprint density at radius 3 is 2.35 bits per heavy atom. The number of likely N-dealkylation sites (tertiary alicyclic amines) is 1. The number of para-hydroxylation sites is 1. The SMILES string of the molecule is CN(C/C=C/C(=O)N1CCC[C@@H](n2nc(-c3ccc(Oc4ccccc4)cc3)c3c(N)ncnc32)C1)CCCN1CCN(CCCNS(=O)(=O)c2ccc(Nc3ncc(Br)c(Nc4cccc(F)c4C(N)=O)n3)cc2)CC1. The molecule has 0 radical (unpaired) electrons. The molecule has 3 aromatic heterocycles. The first kappa shape index (κ1) is 54.4. The van der Waals surface area contributed by atoms with Crippen molar-refractivity contribution in [2.45, 2.75) is 36.6 Å². The quantitative estimate of drug-likeness (QED) is 0.0333. The maximum absolute atomic E-state index is 14.3. The number of carbonyl (C=O) groups excluding carboxylic acids is 2. The molecule has 0 bridgehead atoms. The summed E-state index contributed by atoms with van der Waals surface area (Å²) in [6.45, 7) is 8.51. The van der Waals surface area contributed by atoms with Crippen LogP contribution in [0.25, 0.3) is 22.3 Å². The van der Waals surface area contributed by atoms with Gasteiger partial charge in [0.2, 0.25) is 21.9 Å². The number of nitrogens with two attached hydrogens (primary N) is 2. The van der Waals surface area contributed by atoms with Crippen LogP contribution in [0.1, 0.15) is 42.1 Å². The maximum Gasteiger partial charge on any atom is 0.253 e. The number of primary amides is 1. The number of carbonyl (C=O) groups is 2. The Balaban J connectivity index is 0.660. The summed E-state index contributed by atoms with van der Waals surface area (Å²) in [6.07, 6.45) is 9.91. The third-order valence-corrected chi connectivity index (χ3v) is 15.5. The van der Waals surface area contributed by atoms with Crippen LogP contribution in [-0.4, -0.2) is 149 Å². The Kier molecular flexibility index (Phi) is 17.8. The summed E-state index contributed by atoms with van der Waals surface area (Å²) in [5.74, 6) is 0.499. The minimum atomic E-state index is -3.75. The summed E-state index contributed by atoms with van der Waals surface area (Å²) >= 11 is 3.36. The smallest absolute Gasteiger partial charge is 0.253 e. The summed E-state index contributed by atoms with van der Waals surface area (Å²) in [5.41, 5.74) is 14.4. The van der Waals surface area contributed by atoms with Crippen molar-refractivity contribution in [3.63, 3.8) is 0 Å². The second-order valence-electron chi connectivity index (χ2n) is 18.9. The second-order valence-corrected chi connectivity index (χ2v) is 21.5. The number of piperazine rings is 1. The lowest BCUT2D eigenvalue weighted by Crippen LogP contribution is -2.47. The average molecular weight is 1130 g/mol. The topological polar surface area (TPSA) is 248 Å². The Hall–Kier alpha value is -7.41. The van der Waals surface area contributed by atoms with E-state index >= 15 is 0 Å². The number of ether oxygens (including phenoxy) is 1. The molecule has 2 fully saturated rings. The molecule has 2 aliphatic rings. The zero-order valence-electron chi connectivity index (χ0n) is 42.6. The molecule has 7 N–H and O–H groups in total. The summed E-state index contributed by atoms with van der Waals surface area (Å²) in [4.78, 5) is 52.0. The van der Waals surface area contributed by atoms with Gasteiger partial charge in [0, 0.05) is 75.9 Å². The standard InChI is InChI=1S/C54H61BrFN15O5S/c1-67(25-7-15-46(72)70-29-6-10-39(35-70)71-53-48(50(57)60-36-61-53)49(66-71)37-16-20-41(21-17-37)76-40-11-3-2-4-12-40)26-9-28-69-32-30-68(31-33-69)27-8-24-62-77(74,75)42-22-18-38(19-23-42)63-54-59-34-43(55)52(65-54)64-45-14-5-13-44(56)47(45)51(58)73/h2-5,7,11-23,34,36,39,62H,6,8-10,24-33,35H2,1H3,(H2,58,73)(H2,57,60,61)(H2,59,63,64,65)/b15-7+/t39-/m1/s1. The van der Waals surface area contributed by atoms with Crippen LogP contribution in [0.3, 0.4) is 0 Å². The number of fused-ring (bicyclic) bond motifs is 1. The molecule has 402 valence electrons. The Morgan fingerprint density at radius 2 is 1.61 bits per heavy atom. The summed E-state index contributed by atoms with van der Waals surface area (Å²) in [5, 5.41) is 11.7. The Bertz CT molecular complexity index is 3310. The highest BCUT2D eigenvalue weighted by Crippen LogP contribution is 2.35. The van der Waals surface area contributed by atoms with Crippen molar-refractivity contribution in [2.24, 2.45) is 5.73 Å². The summed E-state index contributed by atoms with van der Waals surface area (Å²) < 4.78 is 51.7. The highest BCUT2D eigenvalue weighted by molar-refractivity contribution is 9.10. The number of rotatable bonds is 22. The van der Waals surface area contributed by atoms with Crippen LogP contribution in [-0.2, 0) is 14.8 Å². The van der Waals surface area contributed by atoms with E-state index in [-0.39, 0.29) is 39.9 Å². The molecule has 20 nitrogen and oxygen atoms in total. The molecule has 23 heteroatoms. The van der Waals surface area contributed by atoms with Crippen molar-refractivity contribution in [3.8, 4) is 22.8 Å². The number of nitrogen functional groups attached to an aromatic ring is 1. The van der Waals surface area contributed by atoms with Gasteiger partial charge in [0.1, 0.15) is 41.0 Å².